The van der Waals surface area contributed by atoms with Gasteiger partial charge in [-0.25, -0.2) is 9.50 Å². The molecule has 4 heterocycles. The molecule has 16 heteroatoms. The van der Waals surface area contributed by atoms with Crippen LogP contribution < -0.4 is 10.6 Å². The van der Waals surface area contributed by atoms with Crippen molar-refractivity contribution in [2.24, 2.45) is 14.1 Å². The molecule has 0 bridgehead atoms. The molecule has 2 amide bonds. The fraction of sp³-hybridized carbons (Fsp3) is 0.300. The lowest BCUT2D eigenvalue weighted by Gasteiger charge is -2.20. The number of nitrogens with zero attached hydrogens (tertiary/aromatic N) is 7. The third kappa shape index (κ3) is 4.14. The first-order chi connectivity index (χ1) is 16.7. The Bertz CT molecular complexity index is 1500. The number of anilines is 2. The summed E-state index contributed by atoms with van der Waals surface area (Å²) in [5.41, 5.74) is -1.57. The molecular formula is C20H18F5N9O2. The largest absolute Gasteiger partial charge is 0.459 e. The highest BCUT2D eigenvalue weighted by Gasteiger charge is 2.60. The molecule has 0 saturated heterocycles. The molecule has 190 valence electrons. The van der Waals surface area contributed by atoms with Crippen molar-refractivity contribution < 1.29 is 31.5 Å². The molecule has 4 aromatic rings. The summed E-state index contributed by atoms with van der Waals surface area (Å²) < 4.78 is 70.2. The maximum Gasteiger partial charge on any atom is 0.459 e. The number of fused-ring (bicyclic) bond motifs is 1. The lowest BCUT2D eigenvalue weighted by Crippen LogP contribution is -2.36. The van der Waals surface area contributed by atoms with Crippen LogP contribution in [0, 0.1) is 13.8 Å². The van der Waals surface area contributed by atoms with Gasteiger partial charge in [-0.2, -0.15) is 37.2 Å². The number of nitrogens with one attached hydrogen (secondary N) is 2. The van der Waals surface area contributed by atoms with E-state index in [1.807, 2.05) is 0 Å². The van der Waals surface area contributed by atoms with Crippen LogP contribution in [0.2, 0.25) is 0 Å². The highest BCUT2D eigenvalue weighted by Crippen LogP contribution is 2.43. The number of halogens is 5. The van der Waals surface area contributed by atoms with E-state index in [-0.39, 0.29) is 21.6 Å². The molecule has 0 unspecified atom stereocenters. The number of rotatable bonds is 5. The summed E-state index contributed by atoms with van der Waals surface area (Å²) in [4.78, 5) is 29.5. The van der Waals surface area contributed by atoms with E-state index in [0.717, 1.165) is 6.07 Å². The van der Waals surface area contributed by atoms with Gasteiger partial charge in [0.25, 0.3) is 11.8 Å². The lowest BCUT2D eigenvalue weighted by molar-refractivity contribution is -0.291. The quantitative estimate of drug-likeness (QED) is 0.397. The molecular weight excluding hydrogens is 493 g/mol. The first-order valence-corrected chi connectivity index (χ1v) is 10.2. The van der Waals surface area contributed by atoms with Crippen molar-refractivity contribution in [1.82, 2.24) is 34.2 Å². The van der Waals surface area contributed by atoms with Crippen LogP contribution in [-0.2, 0) is 20.0 Å². The fourth-order valence-corrected chi connectivity index (χ4v) is 3.37. The van der Waals surface area contributed by atoms with Gasteiger partial charge in [-0.3, -0.25) is 19.0 Å². The number of aryl methyl sites for hydroxylation is 3. The Kier molecular flexibility index (Phi) is 5.76. The molecule has 0 saturated carbocycles. The summed E-state index contributed by atoms with van der Waals surface area (Å²) in [5, 5.41) is 16.6. The molecule has 0 atom stereocenters. The van der Waals surface area contributed by atoms with E-state index in [0.29, 0.717) is 17.4 Å². The highest BCUT2D eigenvalue weighted by atomic mass is 19.4. The number of carbonyl (C=O) groups is 2. The first-order valence-electron chi connectivity index (χ1n) is 10.2. The first kappa shape index (κ1) is 24.7. The molecule has 11 nitrogen and oxygen atoms in total. The van der Waals surface area contributed by atoms with Gasteiger partial charge in [-0.15, -0.1) is 0 Å². The zero-order valence-corrected chi connectivity index (χ0v) is 19.1. The molecule has 0 aliphatic heterocycles. The van der Waals surface area contributed by atoms with Crippen LogP contribution in [0.15, 0.2) is 24.5 Å². The predicted molar refractivity (Wildman–Crippen MR) is 115 cm³/mol. The van der Waals surface area contributed by atoms with Crippen LogP contribution >= 0.6 is 0 Å². The third-order valence-corrected chi connectivity index (χ3v) is 5.35. The van der Waals surface area contributed by atoms with Crippen molar-refractivity contribution in [2.45, 2.75) is 25.9 Å². The zero-order valence-electron chi connectivity index (χ0n) is 19.1. The van der Waals surface area contributed by atoms with Crippen LogP contribution in [0.4, 0.5) is 33.3 Å². The lowest BCUT2D eigenvalue weighted by atomic mass is 10.2. The average Bonchev–Trinajstić information content (AvgIpc) is 3.45. The van der Waals surface area contributed by atoms with Gasteiger partial charge in [-0.05, 0) is 19.9 Å². The molecule has 4 aromatic heterocycles. The van der Waals surface area contributed by atoms with Gasteiger partial charge in [0, 0.05) is 25.9 Å². The van der Waals surface area contributed by atoms with Crippen molar-refractivity contribution in [1.29, 1.82) is 0 Å². The van der Waals surface area contributed by atoms with Gasteiger partial charge in [0.15, 0.2) is 11.3 Å². The fourth-order valence-electron chi connectivity index (χ4n) is 3.37. The molecule has 0 aliphatic carbocycles. The summed E-state index contributed by atoms with van der Waals surface area (Å²) >= 11 is 0. The normalized spacial score (nSPS) is 12.2. The number of carbonyl (C=O) groups excluding carboxylic acids is 2. The minimum absolute atomic E-state index is 0.0522. The molecule has 0 fully saturated rings. The second kappa shape index (κ2) is 8.39. The topological polar surface area (TPSA) is 124 Å². The van der Waals surface area contributed by atoms with Gasteiger partial charge in [0.05, 0.1) is 29.5 Å². The Labute approximate surface area is 198 Å². The summed E-state index contributed by atoms with van der Waals surface area (Å²) in [6.07, 6.45) is -3.29. The van der Waals surface area contributed by atoms with E-state index in [4.69, 9.17) is 0 Å². The Balaban J connectivity index is 1.66. The van der Waals surface area contributed by atoms with E-state index in [2.05, 4.69) is 30.9 Å². The monoisotopic (exact) mass is 511 g/mol. The van der Waals surface area contributed by atoms with E-state index < -0.39 is 40.9 Å². The van der Waals surface area contributed by atoms with E-state index in [9.17, 15) is 31.5 Å². The number of hydrogen-bond donors (Lipinski definition) is 2. The maximum atomic E-state index is 14.1. The number of aromatic nitrogens is 7. The van der Waals surface area contributed by atoms with Crippen molar-refractivity contribution in [3.05, 3.63) is 53.0 Å². The van der Waals surface area contributed by atoms with Gasteiger partial charge in [-0.1, -0.05) is 0 Å². The van der Waals surface area contributed by atoms with Crippen LogP contribution in [-0.4, -0.2) is 52.1 Å². The van der Waals surface area contributed by atoms with Gasteiger partial charge in [0.1, 0.15) is 11.4 Å². The molecule has 0 radical (unpaired) electrons. The summed E-state index contributed by atoms with van der Waals surface area (Å²) in [6, 6.07) is 1.49. The Morgan fingerprint density at radius 3 is 2.11 bits per heavy atom. The Hall–Kier alpha value is -4.37. The van der Waals surface area contributed by atoms with Crippen molar-refractivity contribution in [2.75, 3.05) is 10.6 Å². The Morgan fingerprint density at radius 2 is 1.50 bits per heavy atom. The molecule has 4 rings (SSSR count). The van der Waals surface area contributed by atoms with Crippen LogP contribution in [0.1, 0.15) is 38.1 Å². The second-order valence-electron chi connectivity index (χ2n) is 7.86. The number of hydrogen-bond acceptors (Lipinski definition) is 6. The summed E-state index contributed by atoms with van der Waals surface area (Å²) in [6.45, 7) is 2.96. The molecule has 2 N–H and O–H groups in total. The van der Waals surface area contributed by atoms with E-state index >= 15 is 0 Å². The molecule has 0 aromatic carbocycles. The maximum absolute atomic E-state index is 14.1. The standard InChI is InChI=1S/C20H18F5N9O2/c1-9-5-14(19(21,22)20(23,24)25)34-15(28-9)6-11(31-34)17(35)30-13-8-27-33(4)16(13)18(36)29-12-7-26-32(3)10(12)2/h5-8H,1-4H3,(H,29,36)(H,30,35). The highest BCUT2D eigenvalue weighted by molar-refractivity contribution is 6.11. The summed E-state index contributed by atoms with van der Waals surface area (Å²) in [5.74, 6) is -6.88. The van der Waals surface area contributed by atoms with Crippen molar-refractivity contribution in [3.63, 3.8) is 0 Å². The van der Waals surface area contributed by atoms with Gasteiger partial charge >= 0.3 is 12.1 Å². The SMILES string of the molecule is Cc1cc(C(F)(F)C(F)(F)F)n2nc(C(=O)Nc3cnn(C)c3C(=O)Nc3cnn(C)c3C)cc2n1. The number of alkyl halides is 5. The van der Waals surface area contributed by atoms with Crippen LogP contribution in [0.25, 0.3) is 5.65 Å². The minimum atomic E-state index is -5.90. The van der Waals surface area contributed by atoms with Crippen LogP contribution in [0.5, 0.6) is 0 Å². The summed E-state index contributed by atoms with van der Waals surface area (Å²) in [7, 11) is 3.13. The molecule has 36 heavy (non-hydrogen) atoms. The zero-order chi connectivity index (χ0) is 26.6. The van der Waals surface area contributed by atoms with Crippen LogP contribution in [0.3, 0.4) is 0 Å². The van der Waals surface area contributed by atoms with E-state index in [1.54, 1.807) is 14.0 Å². The van der Waals surface area contributed by atoms with Crippen molar-refractivity contribution in [3.8, 4) is 0 Å². The van der Waals surface area contributed by atoms with Crippen molar-refractivity contribution >= 4 is 28.8 Å². The Morgan fingerprint density at radius 1 is 0.889 bits per heavy atom. The number of amides is 2. The molecule has 0 spiro atoms. The van der Waals surface area contributed by atoms with E-state index in [1.165, 1.54) is 35.7 Å². The second-order valence-corrected chi connectivity index (χ2v) is 7.86. The minimum Gasteiger partial charge on any atom is -0.318 e. The third-order valence-electron chi connectivity index (χ3n) is 5.35. The molecule has 0 aliphatic rings. The smallest absolute Gasteiger partial charge is 0.318 e. The average molecular weight is 511 g/mol. The predicted octanol–water partition coefficient (Wildman–Crippen LogP) is 2.97. The van der Waals surface area contributed by atoms with Gasteiger partial charge in [0.2, 0.25) is 0 Å². The van der Waals surface area contributed by atoms with Gasteiger partial charge < -0.3 is 10.6 Å².